The van der Waals surface area contributed by atoms with Crippen molar-refractivity contribution in [3.05, 3.63) is 51.6 Å². The predicted molar refractivity (Wildman–Crippen MR) is 120 cm³/mol. The van der Waals surface area contributed by atoms with Gasteiger partial charge in [0.05, 0.1) is 23.4 Å². The molecule has 10 heteroatoms. The highest BCUT2D eigenvalue weighted by Crippen LogP contribution is 2.31. The number of aromatic amines is 1. The van der Waals surface area contributed by atoms with Gasteiger partial charge in [-0.1, -0.05) is 12.1 Å². The maximum atomic E-state index is 13.2. The highest BCUT2D eigenvalue weighted by atomic mass is 32.2. The summed E-state index contributed by atoms with van der Waals surface area (Å²) in [5.74, 6) is 0.881. The molecule has 1 aromatic carbocycles. The molecule has 7 nitrogen and oxygen atoms in total. The zero-order valence-corrected chi connectivity index (χ0v) is 18.5. The Balaban J connectivity index is 1.29. The van der Waals surface area contributed by atoms with Gasteiger partial charge in [0.1, 0.15) is 16.5 Å². The van der Waals surface area contributed by atoms with Crippen LogP contribution in [0.15, 0.2) is 34.4 Å². The summed E-state index contributed by atoms with van der Waals surface area (Å²) < 4.78 is 36.7. The van der Waals surface area contributed by atoms with Crippen LogP contribution in [0.2, 0.25) is 0 Å². The number of aromatic nitrogens is 2. The number of rotatable bonds is 4. The average molecular weight is 463 g/mol. The molecule has 164 valence electrons. The molecule has 0 spiro atoms. The second kappa shape index (κ2) is 8.09. The van der Waals surface area contributed by atoms with Gasteiger partial charge in [-0.3, -0.25) is 14.6 Å². The average Bonchev–Trinajstić information content (AvgIpc) is 3.33. The van der Waals surface area contributed by atoms with Gasteiger partial charge in [0.25, 0.3) is 5.56 Å². The minimum Gasteiger partial charge on any atom is -0.309 e. The van der Waals surface area contributed by atoms with Gasteiger partial charge in [-0.2, -0.15) is 0 Å². The SMILES string of the molecule is O=c1[nH]c(CN2CCN([C@H]3CCS(=O)(=O)C3)CC2)nc2scc(-c3ccc(F)cc3)c12. The van der Waals surface area contributed by atoms with Crippen molar-refractivity contribution in [2.45, 2.75) is 19.0 Å². The monoisotopic (exact) mass is 462 g/mol. The van der Waals surface area contributed by atoms with Gasteiger partial charge in [-0.05, 0) is 24.1 Å². The molecule has 0 aliphatic carbocycles. The molecule has 2 aliphatic heterocycles. The fourth-order valence-electron chi connectivity index (χ4n) is 4.47. The van der Waals surface area contributed by atoms with Crippen LogP contribution in [-0.2, 0) is 16.4 Å². The van der Waals surface area contributed by atoms with Crippen LogP contribution in [0.25, 0.3) is 21.3 Å². The van der Waals surface area contributed by atoms with Crippen LogP contribution in [-0.4, -0.2) is 71.9 Å². The zero-order valence-electron chi connectivity index (χ0n) is 16.9. The van der Waals surface area contributed by atoms with E-state index in [1.807, 2.05) is 5.38 Å². The number of nitrogens with one attached hydrogen (secondary N) is 1. The number of benzene rings is 1. The number of sulfone groups is 1. The van der Waals surface area contributed by atoms with E-state index in [1.54, 1.807) is 12.1 Å². The number of thiophene rings is 1. The Morgan fingerprint density at radius 2 is 1.90 bits per heavy atom. The van der Waals surface area contributed by atoms with Crippen molar-refractivity contribution in [2.75, 3.05) is 37.7 Å². The van der Waals surface area contributed by atoms with Crippen LogP contribution in [0.5, 0.6) is 0 Å². The van der Waals surface area contributed by atoms with Crippen molar-refractivity contribution >= 4 is 31.4 Å². The third kappa shape index (κ3) is 4.30. The number of halogens is 1. The fraction of sp³-hybridized carbons (Fsp3) is 0.429. The van der Waals surface area contributed by atoms with E-state index in [-0.39, 0.29) is 23.2 Å². The lowest BCUT2D eigenvalue weighted by molar-refractivity contribution is 0.0984. The number of hydrogen-bond acceptors (Lipinski definition) is 7. The molecule has 2 aliphatic rings. The van der Waals surface area contributed by atoms with Crippen molar-refractivity contribution in [1.29, 1.82) is 0 Å². The third-order valence-electron chi connectivity index (χ3n) is 6.15. The molecule has 0 saturated carbocycles. The second-order valence-electron chi connectivity index (χ2n) is 8.22. The molecule has 4 heterocycles. The Morgan fingerprint density at radius 3 is 2.58 bits per heavy atom. The van der Waals surface area contributed by atoms with Gasteiger partial charge in [-0.25, -0.2) is 17.8 Å². The summed E-state index contributed by atoms with van der Waals surface area (Å²) in [6, 6.07) is 6.24. The standard InChI is InChI=1S/C21H23FN4O3S2/c22-15-3-1-14(2-4-15)17-12-30-21-19(17)20(27)23-18(24-21)11-25-6-8-26(9-7-25)16-5-10-31(28,29)13-16/h1-4,12,16H,5-11,13H2,(H,23,24,27)/t16-/m0/s1. The second-order valence-corrected chi connectivity index (χ2v) is 11.3. The minimum atomic E-state index is -2.88. The Kier molecular flexibility index (Phi) is 5.41. The Morgan fingerprint density at radius 1 is 1.16 bits per heavy atom. The van der Waals surface area contributed by atoms with E-state index in [1.165, 1.54) is 23.5 Å². The van der Waals surface area contributed by atoms with Crippen molar-refractivity contribution in [1.82, 2.24) is 19.8 Å². The molecule has 0 amide bonds. The summed E-state index contributed by atoms with van der Waals surface area (Å²) in [6.07, 6.45) is 0.725. The number of hydrogen-bond donors (Lipinski definition) is 1. The molecule has 5 rings (SSSR count). The van der Waals surface area contributed by atoms with Crippen molar-refractivity contribution < 1.29 is 12.8 Å². The molecule has 1 atom stereocenters. The van der Waals surface area contributed by atoms with Crippen LogP contribution in [0.1, 0.15) is 12.2 Å². The van der Waals surface area contributed by atoms with Gasteiger partial charge in [0.15, 0.2) is 9.84 Å². The number of fused-ring (bicyclic) bond motifs is 1. The highest BCUT2D eigenvalue weighted by molar-refractivity contribution is 7.91. The number of nitrogens with zero attached hydrogens (tertiary/aromatic N) is 3. The topological polar surface area (TPSA) is 86.4 Å². The maximum absolute atomic E-state index is 13.2. The summed E-state index contributed by atoms with van der Waals surface area (Å²) in [5.41, 5.74) is 1.37. The molecule has 31 heavy (non-hydrogen) atoms. The lowest BCUT2D eigenvalue weighted by Gasteiger charge is -2.37. The van der Waals surface area contributed by atoms with Crippen LogP contribution in [0.3, 0.4) is 0 Å². The van der Waals surface area contributed by atoms with Crippen molar-refractivity contribution in [3.63, 3.8) is 0 Å². The first kappa shape index (κ1) is 20.7. The van der Waals surface area contributed by atoms with E-state index < -0.39 is 9.84 Å². The number of H-pyrrole nitrogens is 1. The van der Waals surface area contributed by atoms with Gasteiger partial charge in [0.2, 0.25) is 0 Å². The van der Waals surface area contributed by atoms with E-state index in [2.05, 4.69) is 19.8 Å². The van der Waals surface area contributed by atoms with Crippen molar-refractivity contribution in [3.8, 4) is 11.1 Å². The van der Waals surface area contributed by atoms with E-state index in [0.29, 0.717) is 28.3 Å². The first-order chi connectivity index (χ1) is 14.9. The molecular weight excluding hydrogens is 439 g/mol. The molecule has 3 aromatic rings. The zero-order chi connectivity index (χ0) is 21.6. The first-order valence-electron chi connectivity index (χ1n) is 10.3. The van der Waals surface area contributed by atoms with E-state index >= 15 is 0 Å². The summed E-state index contributed by atoms with van der Waals surface area (Å²) in [7, 11) is -2.88. The van der Waals surface area contributed by atoms with E-state index in [9.17, 15) is 17.6 Å². The Labute approximate surface area is 183 Å². The van der Waals surface area contributed by atoms with Crippen LogP contribution in [0, 0.1) is 5.82 Å². The maximum Gasteiger partial charge on any atom is 0.260 e. The lowest BCUT2D eigenvalue weighted by Crippen LogP contribution is -2.50. The smallest absolute Gasteiger partial charge is 0.260 e. The number of piperazine rings is 1. The summed E-state index contributed by atoms with van der Waals surface area (Å²) in [5, 5.41) is 2.42. The molecule has 1 N–H and O–H groups in total. The van der Waals surface area contributed by atoms with Crippen LogP contribution in [0.4, 0.5) is 4.39 Å². The molecule has 2 saturated heterocycles. The Bertz CT molecular complexity index is 1260. The molecule has 0 radical (unpaired) electrons. The summed E-state index contributed by atoms with van der Waals surface area (Å²) in [6.45, 7) is 3.81. The van der Waals surface area contributed by atoms with Crippen LogP contribution < -0.4 is 5.56 Å². The normalized spacial score (nSPS) is 22.3. The van der Waals surface area contributed by atoms with E-state index in [4.69, 9.17) is 0 Å². The third-order valence-corrected chi connectivity index (χ3v) is 8.78. The van der Waals surface area contributed by atoms with Crippen molar-refractivity contribution in [2.24, 2.45) is 0 Å². The van der Waals surface area contributed by atoms with Crippen LogP contribution >= 0.6 is 11.3 Å². The quantitative estimate of drug-likeness (QED) is 0.639. The van der Waals surface area contributed by atoms with Gasteiger partial charge < -0.3 is 4.98 Å². The lowest BCUT2D eigenvalue weighted by atomic mass is 10.1. The Hall–Kier alpha value is -2.14. The van der Waals surface area contributed by atoms with E-state index in [0.717, 1.165) is 43.7 Å². The summed E-state index contributed by atoms with van der Waals surface area (Å²) in [4.78, 5) is 25.6. The predicted octanol–water partition coefficient (Wildman–Crippen LogP) is 2.10. The molecule has 0 unspecified atom stereocenters. The van der Waals surface area contributed by atoms with Gasteiger partial charge in [0, 0.05) is 43.2 Å². The summed E-state index contributed by atoms with van der Waals surface area (Å²) >= 11 is 1.41. The highest BCUT2D eigenvalue weighted by Gasteiger charge is 2.33. The fourth-order valence-corrected chi connectivity index (χ4v) is 7.20. The molecule has 0 bridgehead atoms. The molecule has 2 aromatic heterocycles. The molecule has 2 fully saturated rings. The van der Waals surface area contributed by atoms with Gasteiger partial charge in [-0.15, -0.1) is 11.3 Å². The molecular formula is C21H23FN4O3S2. The minimum absolute atomic E-state index is 0.137. The largest absolute Gasteiger partial charge is 0.309 e. The first-order valence-corrected chi connectivity index (χ1v) is 13.0. The van der Waals surface area contributed by atoms with Gasteiger partial charge >= 0.3 is 0 Å².